The Bertz CT molecular complexity index is 841. The molecule has 25 heavy (non-hydrogen) atoms. The lowest BCUT2D eigenvalue weighted by atomic mass is 9.94. The van der Waals surface area contributed by atoms with Crippen molar-refractivity contribution in [1.29, 1.82) is 0 Å². The van der Waals surface area contributed by atoms with E-state index in [9.17, 15) is 8.78 Å². The van der Waals surface area contributed by atoms with Crippen LogP contribution in [0.2, 0.25) is 0 Å². The summed E-state index contributed by atoms with van der Waals surface area (Å²) in [5.41, 5.74) is 2.98. The molecule has 3 aromatic carbocycles. The van der Waals surface area contributed by atoms with Gasteiger partial charge in [-0.2, -0.15) is 0 Å². The van der Waals surface area contributed by atoms with Crippen molar-refractivity contribution < 1.29 is 13.5 Å². The quantitative estimate of drug-likeness (QED) is 0.468. The third-order valence-electron chi connectivity index (χ3n) is 4.08. The Morgan fingerprint density at radius 1 is 0.800 bits per heavy atom. The fraction of sp³-hybridized carbons (Fsp3) is 0.182. The van der Waals surface area contributed by atoms with Gasteiger partial charge in [0.1, 0.15) is 17.4 Å². The molecule has 0 saturated carbocycles. The Hall–Kier alpha value is -2.68. The minimum Gasteiger partial charge on any atom is -0.493 e. The Kier molecular flexibility index (Phi) is 5.44. The molecule has 3 rings (SSSR count). The second-order valence-electron chi connectivity index (χ2n) is 5.90. The number of unbranched alkanes of at least 4 members (excludes halogenated alkanes) is 1. The van der Waals surface area contributed by atoms with E-state index >= 15 is 0 Å². The molecule has 0 saturated heterocycles. The van der Waals surface area contributed by atoms with Crippen molar-refractivity contribution in [2.24, 2.45) is 0 Å². The van der Waals surface area contributed by atoms with Crippen molar-refractivity contribution in [2.75, 3.05) is 6.61 Å². The Labute approximate surface area is 146 Å². The molecule has 0 heterocycles. The zero-order chi connectivity index (χ0) is 17.6. The van der Waals surface area contributed by atoms with Gasteiger partial charge in [-0.25, -0.2) is 8.78 Å². The van der Waals surface area contributed by atoms with Crippen molar-refractivity contribution in [1.82, 2.24) is 0 Å². The summed E-state index contributed by atoms with van der Waals surface area (Å²) in [6, 6.07) is 18.7. The van der Waals surface area contributed by atoms with Crippen LogP contribution in [0.1, 0.15) is 19.8 Å². The van der Waals surface area contributed by atoms with Crippen LogP contribution in [0.25, 0.3) is 22.3 Å². The molecule has 0 spiro atoms. The molecule has 3 heteroatoms. The molecule has 3 aromatic rings. The Balaban J connectivity index is 1.95. The van der Waals surface area contributed by atoms with Crippen LogP contribution < -0.4 is 4.74 Å². The summed E-state index contributed by atoms with van der Waals surface area (Å²) in [4.78, 5) is 0. The minimum atomic E-state index is -0.330. The van der Waals surface area contributed by atoms with Crippen molar-refractivity contribution in [3.8, 4) is 28.0 Å². The average molecular weight is 338 g/mol. The largest absolute Gasteiger partial charge is 0.493 e. The van der Waals surface area contributed by atoms with Gasteiger partial charge in [0, 0.05) is 11.6 Å². The van der Waals surface area contributed by atoms with Gasteiger partial charge in [-0.15, -0.1) is 0 Å². The maximum absolute atomic E-state index is 14.7. The van der Waals surface area contributed by atoms with Gasteiger partial charge in [0.25, 0.3) is 0 Å². The lowest BCUT2D eigenvalue weighted by Crippen LogP contribution is -1.97. The molecule has 0 fully saturated rings. The van der Waals surface area contributed by atoms with Crippen LogP contribution in [0.3, 0.4) is 0 Å². The fourth-order valence-corrected chi connectivity index (χ4v) is 2.74. The number of halogens is 2. The van der Waals surface area contributed by atoms with E-state index in [0.717, 1.165) is 29.5 Å². The van der Waals surface area contributed by atoms with E-state index in [1.165, 1.54) is 18.2 Å². The van der Waals surface area contributed by atoms with E-state index in [1.54, 1.807) is 24.3 Å². The number of ether oxygens (including phenoxy) is 1. The Morgan fingerprint density at radius 2 is 1.52 bits per heavy atom. The standard InChI is InChI=1S/C22H20F2O/c1-2-3-14-25-18-12-13-21(22(24)15-18)20-7-5-4-6-19(20)16-8-10-17(23)11-9-16/h4-13,15H,2-3,14H2,1H3. The van der Waals surface area contributed by atoms with Crippen molar-refractivity contribution in [3.63, 3.8) is 0 Å². The monoisotopic (exact) mass is 338 g/mol. The van der Waals surface area contributed by atoms with Gasteiger partial charge in [0.15, 0.2) is 0 Å². The lowest BCUT2D eigenvalue weighted by molar-refractivity contribution is 0.308. The summed E-state index contributed by atoms with van der Waals surface area (Å²) in [5, 5.41) is 0. The molecule has 0 aliphatic heterocycles. The minimum absolute atomic E-state index is 0.291. The summed E-state index contributed by atoms with van der Waals surface area (Å²) < 4.78 is 33.4. The molecule has 0 atom stereocenters. The molecule has 0 unspecified atom stereocenters. The molecule has 128 valence electrons. The van der Waals surface area contributed by atoms with E-state index in [-0.39, 0.29) is 11.6 Å². The molecule has 0 aliphatic carbocycles. The molecule has 0 radical (unpaired) electrons. The summed E-state index contributed by atoms with van der Waals surface area (Å²) >= 11 is 0. The van der Waals surface area contributed by atoms with Crippen molar-refractivity contribution >= 4 is 0 Å². The topological polar surface area (TPSA) is 9.23 Å². The predicted octanol–water partition coefficient (Wildman–Crippen LogP) is 6.48. The molecule has 0 aliphatic rings. The summed E-state index contributed by atoms with van der Waals surface area (Å²) in [5.74, 6) is -0.0847. The van der Waals surface area contributed by atoms with Crippen LogP contribution in [0.4, 0.5) is 8.78 Å². The van der Waals surface area contributed by atoms with Gasteiger partial charge in [-0.05, 0) is 47.4 Å². The third kappa shape index (κ3) is 4.05. The molecule has 0 N–H and O–H groups in total. The average Bonchev–Trinajstić information content (AvgIpc) is 2.63. The highest BCUT2D eigenvalue weighted by Gasteiger charge is 2.12. The zero-order valence-corrected chi connectivity index (χ0v) is 14.1. The van der Waals surface area contributed by atoms with Crippen molar-refractivity contribution in [2.45, 2.75) is 19.8 Å². The highest BCUT2D eigenvalue weighted by atomic mass is 19.1. The first-order chi connectivity index (χ1) is 12.2. The Morgan fingerprint density at radius 3 is 2.20 bits per heavy atom. The number of hydrogen-bond acceptors (Lipinski definition) is 1. The maximum Gasteiger partial charge on any atom is 0.134 e. The van der Waals surface area contributed by atoms with Crippen LogP contribution in [0.5, 0.6) is 5.75 Å². The molecular formula is C22H20F2O. The summed E-state index contributed by atoms with van der Waals surface area (Å²) in [7, 11) is 0. The van der Waals surface area contributed by atoms with E-state index in [0.29, 0.717) is 17.9 Å². The third-order valence-corrected chi connectivity index (χ3v) is 4.08. The second-order valence-corrected chi connectivity index (χ2v) is 5.90. The predicted molar refractivity (Wildman–Crippen MR) is 97.6 cm³/mol. The molecule has 0 aromatic heterocycles. The molecule has 0 amide bonds. The number of rotatable bonds is 6. The van der Waals surface area contributed by atoms with E-state index < -0.39 is 0 Å². The SMILES string of the molecule is CCCCOc1ccc(-c2ccccc2-c2ccc(F)cc2)c(F)c1. The molecular weight excluding hydrogens is 318 g/mol. The van der Waals surface area contributed by atoms with Crippen LogP contribution in [0, 0.1) is 11.6 Å². The maximum atomic E-state index is 14.7. The van der Waals surface area contributed by atoms with Gasteiger partial charge in [0.05, 0.1) is 6.61 Å². The second kappa shape index (κ2) is 7.93. The normalized spacial score (nSPS) is 10.7. The number of hydrogen-bond donors (Lipinski definition) is 0. The molecule has 0 bridgehead atoms. The van der Waals surface area contributed by atoms with Crippen LogP contribution in [-0.2, 0) is 0 Å². The highest BCUT2D eigenvalue weighted by molar-refractivity contribution is 5.83. The van der Waals surface area contributed by atoms with E-state index in [4.69, 9.17) is 4.74 Å². The molecule has 1 nitrogen and oxygen atoms in total. The zero-order valence-electron chi connectivity index (χ0n) is 14.1. The number of benzene rings is 3. The van der Waals surface area contributed by atoms with Gasteiger partial charge < -0.3 is 4.74 Å². The smallest absolute Gasteiger partial charge is 0.134 e. The highest BCUT2D eigenvalue weighted by Crippen LogP contribution is 2.34. The fourth-order valence-electron chi connectivity index (χ4n) is 2.74. The van der Waals surface area contributed by atoms with Gasteiger partial charge in [0.2, 0.25) is 0 Å². The van der Waals surface area contributed by atoms with Crippen LogP contribution >= 0.6 is 0 Å². The first kappa shape index (κ1) is 17.2. The van der Waals surface area contributed by atoms with Crippen molar-refractivity contribution in [3.05, 3.63) is 78.4 Å². The first-order valence-electron chi connectivity index (χ1n) is 8.46. The lowest BCUT2D eigenvalue weighted by Gasteiger charge is -2.12. The van der Waals surface area contributed by atoms with Crippen LogP contribution in [0.15, 0.2) is 66.7 Å². The first-order valence-corrected chi connectivity index (χ1v) is 8.46. The van der Waals surface area contributed by atoms with E-state index in [2.05, 4.69) is 6.92 Å². The summed E-state index contributed by atoms with van der Waals surface area (Å²) in [6.07, 6.45) is 1.97. The summed E-state index contributed by atoms with van der Waals surface area (Å²) in [6.45, 7) is 2.67. The van der Waals surface area contributed by atoms with E-state index in [1.807, 2.05) is 24.3 Å². The van der Waals surface area contributed by atoms with Gasteiger partial charge in [-0.1, -0.05) is 49.7 Å². The van der Waals surface area contributed by atoms with Gasteiger partial charge >= 0.3 is 0 Å². The van der Waals surface area contributed by atoms with Gasteiger partial charge in [-0.3, -0.25) is 0 Å². The van der Waals surface area contributed by atoms with Crippen LogP contribution in [-0.4, -0.2) is 6.61 Å².